The molecule has 0 aliphatic carbocycles. The number of halogens is 6. The third-order valence-electron chi connectivity index (χ3n) is 6.03. The van der Waals surface area contributed by atoms with E-state index < -0.39 is 29.2 Å². The van der Waals surface area contributed by atoms with Gasteiger partial charge in [-0.3, -0.25) is 0 Å². The Bertz CT molecular complexity index is 1840. The van der Waals surface area contributed by atoms with Crippen molar-refractivity contribution < 1.29 is 26.3 Å². The van der Waals surface area contributed by atoms with Gasteiger partial charge >= 0.3 is 6.18 Å². The van der Waals surface area contributed by atoms with Crippen molar-refractivity contribution in [3.05, 3.63) is 119 Å². The molecule has 0 amide bonds. The summed E-state index contributed by atoms with van der Waals surface area (Å²) in [7, 11) is 0. The zero-order valence-corrected chi connectivity index (χ0v) is 19.8. The maximum absolute atomic E-state index is 15.5. The van der Waals surface area contributed by atoms with E-state index in [2.05, 4.69) is 11.8 Å². The second kappa shape index (κ2) is 9.65. The SMILES string of the molecule is Cc1ccc(C#Cc2ccc3c(F)c(-c4ccc5c(F)c(C#CC(F)(F)F)c(F)cc5c4)ccc3c2)cc1. The van der Waals surface area contributed by atoms with Crippen LogP contribution in [0.3, 0.4) is 0 Å². The van der Waals surface area contributed by atoms with Crippen molar-refractivity contribution in [1.82, 2.24) is 0 Å². The Kier molecular flexibility index (Phi) is 6.35. The minimum atomic E-state index is -4.89. The average Bonchev–Trinajstić information content (AvgIpc) is 2.87. The number of hydrogen-bond donors (Lipinski definition) is 0. The molecule has 0 aliphatic heterocycles. The zero-order valence-electron chi connectivity index (χ0n) is 19.8. The summed E-state index contributed by atoms with van der Waals surface area (Å²) < 4.78 is 81.8. The Labute approximate surface area is 214 Å². The molecule has 0 saturated heterocycles. The second-order valence-corrected chi connectivity index (χ2v) is 8.71. The molecule has 0 atom stereocenters. The quantitative estimate of drug-likeness (QED) is 0.155. The van der Waals surface area contributed by atoms with Gasteiger partial charge in [-0.1, -0.05) is 65.8 Å². The van der Waals surface area contributed by atoms with Crippen LogP contribution in [0.2, 0.25) is 0 Å². The van der Waals surface area contributed by atoms with E-state index in [1.165, 1.54) is 24.1 Å². The summed E-state index contributed by atoms with van der Waals surface area (Å²) in [6.07, 6.45) is -4.89. The Morgan fingerprint density at radius 1 is 0.605 bits per heavy atom. The molecule has 0 spiro atoms. The third-order valence-corrected chi connectivity index (χ3v) is 6.03. The van der Waals surface area contributed by atoms with Crippen LogP contribution in [0.4, 0.5) is 26.3 Å². The zero-order chi connectivity index (χ0) is 27.0. The highest BCUT2D eigenvalue weighted by Gasteiger charge is 2.24. The van der Waals surface area contributed by atoms with Gasteiger partial charge in [0.25, 0.3) is 0 Å². The average molecular weight is 514 g/mol. The normalized spacial score (nSPS) is 11.1. The smallest absolute Gasteiger partial charge is 0.206 e. The summed E-state index contributed by atoms with van der Waals surface area (Å²) in [5, 5.41) is 0.919. The van der Waals surface area contributed by atoms with Crippen LogP contribution in [0, 0.1) is 48.1 Å². The van der Waals surface area contributed by atoms with Crippen molar-refractivity contribution >= 4 is 21.5 Å². The maximum atomic E-state index is 15.5. The first kappa shape index (κ1) is 25.0. The van der Waals surface area contributed by atoms with Crippen LogP contribution in [0.5, 0.6) is 0 Å². The number of aryl methyl sites for hydroxylation is 1. The monoisotopic (exact) mass is 514 g/mol. The number of alkyl halides is 3. The summed E-state index contributed by atoms with van der Waals surface area (Å²) in [5.74, 6) is 5.59. The molecule has 0 N–H and O–H groups in total. The predicted octanol–water partition coefficient (Wildman–Crippen LogP) is 8.70. The van der Waals surface area contributed by atoms with E-state index in [-0.39, 0.29) is 16.3 Å². The molecule has 38 heavy (non-hydrogen) atoms. The minimum absolute atomic E-state index is 0.0660. The van der Waals surface area contributed by atoms with Gasteiger partial charge in [-0.25, -0.2) is 13.2 Å². The van der Waals surface area contributed by atoms with E-state index in [1.807, 2.05) is 31.2 Å². The van der Waals surface area contributed by atoms with Crippen LogP contribution >= 0.6 is 0 Å². The van der Waals surface area contributed by atoms with Crippen molar-refractivity contribution in [2.75, 3.05) is 0 Å². The lowest BCUT2D eigenvalue weighted by atomic mass is 9.96. The van der Waals surface area contributed by atoms with Gasteiger partial charge in [-0.2, -0.15) is 13.2 Å². The van der Waals surface area contributed by atoms with E-state index in [0.717, 1.165) is 23.1 Å². The van der Waals surface area contributed by atoms with E-state index >= 15 is 4.39 Å². The van der Waals surface area contributed by atoms with Gasteiger partial charge in [0.2, 0.25) is 0 Å². The van der Waals surface area contributed by atoms with E-state index in [0.29, 0.717) is 21.9 Å². The van der Waals surface area contributed by atoms with E-state index in [1.54, 1.807) is 30.3 Å². The van der Waals surface area contributed by atoms with Crippen LogP contribution in [0.15, 0.2) is 78.9 Å². The molecule has 0 fully saturated rings. The van der Waals surface area contributed by atoms with Crippen molar-refractivity contribution in [3.8, 4) is 34.8 Å². The van der Waals surface area contributed by atoms with E-state index in [9.17, 15) is 22.0 Å². The molecule has 0 bridgehead atoms. The minimum Gasteiger partial charge on any atom is -0.206 e. The summed E-state index contributed by atoms with van der Waals surface area (Å²) in [6.45, 7) is 1.99. The van der Waals surface area contributed by atoms with Gasteiger partial charge in [0.15, 0.2) is 0 Å². The van der Waals surface area contributed by atoms with Crippen LogP contribution in [0.1, 0.15) is 22.3 Å². The van der Waals surface area contributed by atoms with Crippen LogP contribution < -0.4 is 0 Å². The molecule has 0 unspecified atom stereocenters. The maximum Gasteiger partial charge on any atom is 0.458 e. The first-order valence-corrected chi connectivity index (χ1v) is 11.4. The molecule has 0 nitrogen and oxygen atoms in total. The molecule has 5 rings (SSSR count). The lowest BCUT2D eigenvalue weighted by Crippen LogP contribution is -2.02. The van der Waals surface area contributed by atoms with Crippen LogP contribution in [-0.4, -0.2) is 6.18 Å². The second-order valence-electron chi connectivity index (χ2n) is 8.71. The molecule has 5 aromatic carbocycles. The highest BCUT2D eigenvalue weighted by molar-refractivity contribution is 5.93. The van der Waals surface area contributed by atoms with Gasteiger partial charge in [-0.15, -0.1) is 0 Å². The first-order chi connectivity index (χ1) is 18.1. The molecular weight excluding hydrogens is 498 g/mol. The van der Waals surface area contributed by atoms with Gasteiger partial charge in [-0.05, 0) is 59.7 Å². The molecule has 186 valence electrons. The summed E-state index contributed by atoms with van der Waals surface area (Å²) in [4.78, 5) is 0. The molecule has 0 aromatic heterocycles. The fraction of sp³-hybridized carbons (Fsp3) is 0.0625. The molecule has 0 aliphatic rings. The number of hydrogen-bond acceptors (Lipinski definition) is 0. The number of rotatable bonds is 1. The predicted molar refractivity (Wildman–Crippen MR) is 137 cm³/mol. The topological polar surface area (TPSA) is 0 Å². The number of fused-ring (bicyclic) bond motifs is 2. The van der Waals surface area contributed by atoms with Gasteiger partial charge in [0.05, 0.1) is 5.56 Å². The Hall–Kier alpha value is -4.68. The Balaban J connectivity index is 1.52. The van der Waals surface area contributed by atoms with Crippen molar-refractivity contribution in [3.63, 3.8) is 0 Å². The van der Waals surface area contributed by atoms with Gasteiger partial charge < -0.3 is 0 Å². The summed E-state index contributed by atoms with van der Waals surface area (Å²) in [6, 6.07) is 21.2. The van der Waals surface area contributed by atoms with Crippen molar-refractivity contribution in [1.29, 1.82) is 0 Å². The Morgan fingerprint density at radius 2 is 1.26 bits per heavy atom. The van der Waals surface area contributed by atoms with Crippen LogP contribution in [0.25, 0.3) is 32.7 Å². The highest BCUT2D eigenvalue weighted by atomic mass is 19.4. The van der Waals surface area contributed by atoms with Crippen molar-refractivity contribution in [2.45, 2.75) is 13.1 Å². The lowest BCUT2D eigenvalue weighted by molar-refractivity contribution is -0.0696. The molecule has 5 aromatic rings. The largest absolute Gasteiger partial charge is 0.458 e. The fourth-order valence-corrected chi connectivity index (χ4v) is 4.12. The molecule has 0 heterocycles. The highest BCUT2D eigenvalue weighted by Crippen LogP contribution is 2.33. The molecule has 6 heteroatoms. The fourth-order valence-electron chi connectivity index (χ4n) is 4.12. The standard InChI is InChI=1S/C32H16F6/c1-19-2-4-20(5-3-19)6-7-21-8-11-25-22(16-21)9-12-26(30(25)34)23-10-13-27-24(17-23)18-29(33)28(31(27)35)14-15-32(36,37)38/h2-5,8-13,16-18H,1H3. The van der Waals surface area contributed by atoms with Crippen LogP contribution in [-0.2, 0) is 0 Å². The van der Waals surface area contributed by atoms with Gasteiger partial charge in [0.1, 0.15) is 17.5 Å². The molecule has 0 radical (unpaired) electrons. The first-order valence-electron chi connectivity index (χ1n) is 11.4. The van der Waals surface area contributed by atoms with Crippen molar-refractivity contribution in [2.24, 2.45) is 0 Å². The summed E-state index contributed by atoms with van der Waals surface area (Å²) >= 11 is 0. The summed E-state index contributed by atoms with van der Waals surface area (Å²) in [5.41, 5.74) is 2.30. The third kappa shape index (κ3) is 5.08. The molecular formula is C32H16F6. The van der Waals surface area contributed by atoms with Gasteiger partial charge in [0, 0.05) is 33.4 Å². The lowest BCUT2D eigenvalue weighted by Gasteiger charge is -2.10. The Morgan fingerprint density at radius 3 is 2.00 bits per heavy atom. The number of benzene rings is 5. The molecule has 0 saturated carbocycles. The van der Waals surface area contributed by atoms with E-state index in [4.69, 9.17) is 0 Å².